The van der Waals surface area contributed by atoms with Gasteiger partial charge in [0.05, 0.1) is 15.6 Å². The van der Waals surface area contributed by atoms with Crippen LogP contribution >= 0.6 is 23.2 Å². The van der Waals surface area contributed by atoms with Gasteiger partial charge in [-0.15, -0.1) is 0 Å². The van der Waals surface area contributed by atoms with Crippen molar-refractivity contribution in [2.75, 3.05) is 0 Å². The van der Waals surface area contributed by atoms with Crippen LogP contribution in [0.25, 0.3) is 0 Å². The molecule has 0 aliphatic rings. The largest absolute Gasteiger partial charge is 0.386 e. The fraction of sp³-hybridized carbons (Fsp3) is 0.235. The van der Waals surface area contributed by atoms with Crippen LogP contribution in [-0.2, 0) is 12.1 Å². The highest BCUT2D eigenvalue weighted by atomic mass is 35.5. The molecule has 0 bridgehead atoms. The van der Waals surface area contributed by atoms with Gasteiger partial charge in [0, 0.05) is 12.1 Å². The van der Waals surface area contributed by atoms with Crippen molar-refractivity contribution in [1.82, 2.24) is 5.32 Å². The number of nitrogens with one attached hydrogen (secondary N) is 1. The summed E-state index contributed by atoms with van der Waals surface area (Å²) < 4.78 is 0. The van der Waals surface area contributed by atoms with Gasteiger partial charge in [0.2, 0.25) is 0 Å². The second-order valence-corrected chi connectivity index (χ2v) is 6.38. The smallest absolute Gasteiger partial charge is 0.251 e. The van der Waals surface area contributed by atoms with E-state index in [0.717, 1.165) is 11.1 Å². The van der Waals surface area contributed by atoms with Crippen LogP contribution in [0.4, 0.5) is 0 Å². The lowest BCUT2D eigenvalue weighted by atomic mass is 9.97. The zero-order valence-electron chi connectivity index (χ0n) is 12.4. The molecule has 2 rings (SSSR count). The third-order valence-corrected chi connectivity index (χ3v) is 4.03. The molecule has 0 saturated heterocycles. The number of amides is 1. The number of benzene rings is 2. The van der Waals surface area contributed by atoms with E-state index in [9.17, 15) is 9.90 Å². The first-order valence-corrected chi connectivity index (χ1v) is 7.58. The Bertz CT molecular complexity index is 676. The first-order chi connectivity index (χ1) is 10.3. The number of aliphatic hydroxyl groups is 1. The van der Waals surface area contributed by atoms with Crippen molar-refractivity contribution in [2.24, 2.45) is 0 Å². The van der Waals surface area contributed by atoms with Crippen LogP contribution in [0.2, 0.25) is 10.0 Å². The number of rotatable bonds is 4. The van der Waals surface area contributed by atoms with E-state index in [2.05, 4.69) is 5.32 Å². The fourth-order valence-corrected chi connectivity index (χ4v) is 2.25. The Morgan fingerprint density at radius 1 is 1.09 bits per heavy atom. The normalized spacial score (nSPS) is 11.3. The van der Waals surface area contributed by atoms with Crippen molar-refractivity contribution in [3.05, 3.63) is 69.2 Å². The Hall–Kier alpha value is -1.55. The van der Waals surface area contributed by atoms with Crippen LogP contribution < -0.4 is 5.32 Å². The summed E-state index contributed by atoms with van der Waals surface area (Å²) in [6.07, 6.45) is 0. The van der Waals surface area contributed by atoms with Crippen LogP contribution in [0.1, 0.15) is 35.3 Å². The maximum absolute atomic E-state index is 12.1. The molecule has 0 saturated carbocycles. The molecular weight excluding hydrogens is 321 g/mol. The molecule has 3 nitrogen and oxygen atoms in total. The molecule has 116 valence electrons. The van der Waals surface area contributed by atoms with Crippen LogP contribution in [0.15, 0.2) is 42.5 Å². The highest BCUT2D eigenvalue weighted by Gasteiger charge is 2.15. The Balaban J connectivity index is 2.00. The lowest BCUT2D eigenvalue weighted by molar-refractivity contribution is 0.0785. The second kappa shape index (κ2) is 6.69. The summed E-state index contributed by atoms with van der Waals surface area (Å²) >= 11 is 11.7. The van der Waals surface area contributed by atoms with E-state index in [1.165, 1.54) is 6.07 Å². The van der Waals surface area contributed by atoms with Gasteiger partial charge in [0.15, 0.2) is 0 Å². The molecule has 1 amide bonds. The molecule has 0 spiro atoms. The van der Waals surface area contributed by atoms with Gasteiger partial charge in [-0.25, -0.2) is 0 Å². The first kappa shape index (κ1) is 16.8. The Morgan fingerprint density at radius 2 is 1.73 bits per heavy atom. The van der Waals surface area contributed by atoms with Crippen molar-refractivity contribution in [3.8, 4) is 0 Å². The quantitative estimate of drug-likeness (QED) is 0.880. The minimum Gasteiger partial charge on any atom is -0.386 e. The van der Waals surface area contributed by atoms with Gasteiger partial charge in [-0.3, -0.25) is 4.79 Å². The average Bonchev–Trinajstić information content (AvgIpc) is 2.47. The number of hydrogen-bond donors (Lipinski definition) is 2. The van der Waals surface area contributed by atoms with E-state index >= 15 is 0 Å². The van der Waals surface area contributed by atoms with Crippen LogP contribution in [-0.4, -0.2) is 11.0 Å². The van der Waals surface area contributed by atoms with Gasteiger partial charge in [-0.2, -0.15) is 0 Å². The van der Waals surface area contributed by atoms with Crippen molar-refractivity contribution in [2.45, 2.75) is 26.0 Å². The molecule has 0 aliphatic heterocycles. The SMILES string of the molecule is CC(C)(O)c1ccc(CNC(=O)c2ccc(Cl)c(Cl)c2)cc1. The van der Waals surface area contributed by atoms with Crippen LogP contribution in [0, 0.1) is 0 Å². The Morgan fingerprint density at radius 3 is 2.27 bits per heavy atom. The molecule has 2 aromatic rings. The summed E-state index contributed by atoms with van der Waals surface area (Å²) in [5.41, 5.74) is 1.36. The number of carbonyl (C=O) groups excluding carboxylic acids is 1. The summed E-state index contributed by atoms with van der Waals surface area (Å²) in [5, 5.41) is 13.5. The zero-order valence-corrected chi connectivity index (χ0v) is 13.9. The van der Waals surface area contributed by atoms with E-state index in [1.807, 2.05) is 24.3 Å². The highest BCUT2D eigenvalue weighted by Crippen LogP contribution is 2.23. The molecule has 0 radical (unpaired) electrons. The van der Waals surface area contributed by atoms with E-state index in [1.54, 1.807) is 26.0 Å². The highest BCUT2D eigenvalue weighted by molar-refractivity contribution is 6.42. The third-order valence-electron chi connectivity index (χ3n) is 3.30. The molecule has 0 aliphatic carbocycles. The average molecular weight is 338 g/mol. The number of carbonyl (C=O) groups is 1. The lowest BCUT2D eigenvalue weighted by Crippen LogP contribution is -2.23. The van der Waals surface area contributed by atoms with Gasteiger partial charge in [0.1, 0.15) is 0 Å². The standard InChI is InChI=1S/C17H17Cl2NO2/c1-17(2,22)13-6-3-11(4-7-13)10-20-16(21)12-5-8-14(18)15(19)9-12/h3-9,22H,10H2,1-2H3,(H,20,21). The molecule has 2 aromatic carbocycles. The van der Waals surface area contributed by atoms with Crippen molar-refractivity contribution >= 4 is 29.1 Å². The van der Waals surface area contributed by atoms with Gasteiger partial charge < -0.3 is 10.4 Å². The van der Waals surface area contributed by atoms with Crippen molar-refractivity contribution in [3.63, 3.8) is 0 Å². The second-order valence-electron chi connectivity index (χ2n) is 5.57. The Kier molecular flexibility index (Phi) is 5.12. The van der Waals surface area contributed by atoms with E-state index in [0.29, 0.717) is 22.2 Å². The molecule has 0 atom stereocenters. The maximum atomic E-state index is 12.1. The molecule has 5 heteroatoms. The van der Waals surface area contributed by atoms with Crippen LogP contribution in [0.5, 0.6) is 0 Å². The van der Waals surface area contributed by atoms with Gasteiger partial charge in [0.25, 0.3) is 5.91 Å². The zero-order chi connectivity index (χ0) is 16.3. The molecule has 22 heavy (non-hydrogen) atoms. The Labute approximate surface area is 139 Å². The predicted molar refractivity (Wildman–Crippen MR) is 89.3 cm³/mol. The summed E-state index contributed by atoms with van der Waals surface area (Å²) in [5.74, 6) is -0.217. The number of hydrogen-bond acceptors (Lipinski definition) is 2. The summed E-state index contributed by atoms with van der Waals surface area (Å²) in [4.78, 5) is 12.1. The summed E-state index contributed by atoms with van der Waals surface area (Å²) in [7, 11) is 0. The molecule has 2 N–H and O–H groups in total. The molecule has 0 fully saturated rings. The van der Waals surface area contributed by atoms with E-state index in [-0.39, 0.29) is 5.91 Å². The van der Waals surface area contributed by atoms with Crippen molar-refractivity contribution < 1.29 is 9.90 Å². The number of halogens is 2. The maximum Gasteiger partial charge on any atom is 0.251 e. The summed E-state index contributed by atoms with van der Waals surface area (Å²) in [6.45, 7) is 3.85. The van der Waals surface area contributed by atoms with Gasteiger partial charge in [-0.05, 0) is 43.2 Å². The third kappa shape index (κ3) is 4.23. The lowest BCUT2D eigenvalue weighted by Gasteiger charge is -2.18. The monoisotopic (exact) mass is 337 g/mol. The minimum absolute atomic E-state index is 0.217. The van der Waals surface area contributed by atoms with E-state index in [4.69, 9.17) is 23.2 Å². The van der Waals surface area contributed by atoms with Crippen LogP contribution in [0.3, 0.4) is 0 Å². The minimum atomic E-state index is -0.873. The first-order valence-electron chi connectivity index (χ1n) is 6.82. The molecule has 0 aromatic heterocycles. The predicted octanol–water partition coefficient (Wildman–Crippen LogP) is 4.15. The molecular formula is C17H17Cl2NO2. The molecule has 0 heterocycles. The topological polar surface area (TPSA) is 49.3 Å². The van der Waals surface area contributed by atoms with Crippen molar-refractivity contribution in [1.29, 1.82) is 0 Å². The van der Waals surface area contributed by atoms with Gasteiger partial charge >= 0.3 is 0 Å². The fourth-order valence-electron chi connectivity index (χ4n) is 1.95. The summed E-state index contributed by atoms with van der Waals surface area (Å²) in [6, 6.07) is 12.2. The molecule has 0 unspecified atom stereocenters. The van der Waals surface area contributed by atoms with E-state index < -0.39 is 5.60 Å². The van der Waals surface area contributed by atoms with Gasteiger partial charge in [-0.1, -0.05) is 47.5 Å².